The van der Waals surface area contributed by atoms with Crippen molar-refractivity contribution in [1.29, 1.82) is 0 Å². The Hall–Kier alpha value is -1.77. The summed E-state index contributed by atoms with van der Waals surface area (Å²) in [5.74, 6) is 0.681. The Kier molecular flexibility index (Phi) is 4.22. The lowest BCUT2D eigenvalue weighted by atomic mass is 9.97. The van der Waals surface area contributed by atoms with Crippen molar-refractivity contribution in [3.63, 3.8) is 0 Å². The number of fused-ring (bicyclic) bond motifs is 1. The van der Waals surface area contributed by atoms with Crippen LogP contribution in [-0.4, -0.2) is 55.1 Å². The second-order valence-corrected chi connectivity index (χ2v) is 7.08. The highest BCUT2D eigenvalue weighted by Gasteiger charge is 2.35. The molecular weight excluding hydrogens is 298 g/mol. The van der Waals surface area contributed by atoms with Crippen LogP contribution in [0.25, 0.3) is 11.2 Å². The van der Waals surface area contributed by atoms with Gasteiger partial charge in [0, 0.05) is 13.0 Å². The molecule has 2 aromatic heterocycles. The van der Waals surface area contributed by atoms with E-state index in [1.165, 1.54) is 6.33 Å². The third-order valence-corrected chi connectivity index (χ3v) is 3.84. The van der Waals surface area contributed by atoms with Gasteiger partial charge in [-0.05, 0) is 5.41 Å². The molecule has 1 aliphatic heterocycles. The minimum atomic E-state index is -0.692. The summed E-state index contributed by atoms with van der Waals surface area (Å²) in [6.45, 7) is 6.97. The molecule has 0 radical (unpaired) electrons. The zero-order valence-electron chi connectivity index (χ0n) is 13.6. The zero-order chi connectivity index (χ0) is 16.6. The largest absolute Gasteiger partial charge is 0.394 e. The van der Waals surface area contributed by atoms with Gasteiger partial charge in [0.1, 0.15) is 18.7 Å². The Labute approximate surface area is 134 Å². The molecule has 8 heteroatoms. The van der Waals surface area contributed by atoms with Gasteiger partial charge in [0.15, 0.2) is 17.0 Å². The molecule has 3 heterocycles. The van der Waals surface area contributed by atoms with E-state index in [1.807, 2.05) is 0 Å². The first-order chi connectivity index (χ1) is 10.9. The fourth-order valence-electron chi connectivity index (χ4n) is 2.59. The summed E-state index contributed by atoms with van der Waals surface area (Å²) in [5, 5.41) is 22.4. The number of hydrogen-bond donors (Lipinski definition) is 3. The third kappa shape index (κ3) is 3.29. The Morgan fingerprint density at radius 1 is 1.35 bits per heavy atom. The number of aromatic nitrogens is 4. The molecule has 3 atom stereocenters. The van der Waals surface area contributed by atoms with E-state index in [4.69, 9.17) is 4.74 Å². The van der Waals surface area contributed by atoms with Crippen LogP contribution in [-0.2, 0) is 4.74 Å². The summed E-state index contributed by atoms with van der Waals surface area (Å²) < 4.78 is 7.45. The molecule has 1 aliphatic rings. The smallest absolute Gasteiger partial charge is 0.167 e. The number of nitrogens with zero attached hydrogens (tertiary/aromatic N) is 4. The molecular formula is C15H23N5O3. The maximum atomic E-state index is 9.89. The zero-order valence-corrected chi connectivity index (χ0v) is 13.6. The molecule has 0 spiro atoms. The summed E-state index contributed by atoms with van der Waals surface area (Å²) >= 11 is 0. The van der Waals surface area contributed by atoms with E-state index < -0.39 is 18.4 Å². The predicted molar refractivity (Wildman–Crippen MR) is 84.9 cm³/mol. The molecule has 0 amide bonds. The summed E-state index contributed by atoms with van der Waals surface area (Å²) in [6, 6.07) is 0. The quantitative estimate of drug-likeness (QED) is 0.769. The van der Waals surface area contributed by atoms with Gasteiger partial charge in [-0.3, -0.25) is 4.57 Å². The minimum absolute atomic E-state index is 0.118. The summed E-state index contributed by atoms with van der Waals surface area (Å²) in [7, 11) is 0. The molecule has 2 aromatic rings. The molecule has 3 N–H and O–H groups in total. The molecule has 0 aromatic carbocycles. The second-order valence-electron chi connectivity index (χ2n) is 7.08. The van der Waals surface area contributed by atoms with Gasteiger partial charge in [0.05, 0.1) is 19.0 Å². The number of hydrogen-bond acceptors (Lipinski definition) is 7. The highest BCUT2D eigenvalue weighted by Crippen LogP contribution is 2.31. The van der Waals surface area contributed by atoms with Gasteiger partial charge in [0.25, 0.3) is 0 Å². The Balaban J connectivity index is 1.87. The minimum Gasteiger partial charge on any atom is -0.394 e. The van der Waals surface area contributed by atoms with E-state index in [1.54, 1.807) is 10.9 Å². The van der Waals surface area contributed by atoms with Gasteiger partial charge in [-0.2, -0.15) is 0 Å². The van der Waals surface area contributed by atoms with Crippen LogP contribution in [0.2, 0.25) is 0 Å². The van der Waals surface area contributed by atoms with Gasteiger partial charge in [-0.1, -0.05) is 20.8 Å². The average molecular weight is 321 g/mol. The van der Waals surface area contributed by atoms with Gasteiger partial charge in [-0.15, -0.1) is 0 Å². The van der Waals surface area contributed by atoms with Crippen LogP contribution in [0, 0.1) is 5.41 Å². The van der Waals surface area contributed by atoms with E-state index in [-0.39, 0.29) is 12.0 Å². The maximum absolute atomic E-state index is 9.89. The fraction of sp³-hybridized carbons (Fsp3) is 0.667. The summed E-state index contributed by atoms with van der Waals surface area (Å²) in [6.07, 6.45) is 1.86. The first kappa shape index (κ1) is 16.1. The molecule has 0 aliphatic carbocycles. The molecule has 0 saturated carbocycles. The van der Waals surface area contributed by atoms with E-state index in [0.717, 1.165) is 6.54 Å². The average Bonchev–Trinajstić information content (AvgIpc) is 3.07. The van der Waals surface area contributed by atoms with Crippen LogP contribution < -0.4 is 5.32 Å². The highest BCUT2D eigenvalue weighted by molar-refractivity contribution is 5.82. The van der Waals surface area contributed by atoms with Crippen molar-refractivity contribution < 1.29 is 14.9 Å². The third-order valence-electron chi connectivity index (χ3n) is 3.84. The van der Waals surface area contributed by atoms with Crippen molar-refractivity contribution in [3.05, 3.63) is 12.7 Å². The Morgan fingerprint density at radius 2 is 2.13 bits per heavy atom. The number of nitrogens with one attached hydrogen (secondary N) is 1. The number of aliphatic hydroxyl groups excluding tert-OH is 2. The number of imidazole rings is 1. The van der Waals surface area contributed by atoms with E-state index in [0.29, 0.717) is 23.4 Å². The van der Waals surface area contributed by atoms with Crippen LogP contribution in [0.1, 0.15) is 33.4 Å². The molecule has 1 saturated heterocycles. The summed E-state index contributed by atoms with van der Waals surface area (Å²) in [4.78, 5) is 13.0. The predicted octanol–water partition coefficient (Wildman–Crippen LogP) is 0.925. The molecule has 0 unspecified atom stereocenters. The second kappa shape index (κ2) is 6.03. The maximum Gasteiger partial charge on any atom is 0.167 e. The van der Waals surface area contributed by atoms with E-state index >= 15 is 0 Å². The number of aliphatic hydroxyl groups is 2. The Morgan fingerprint density at radius 3 is 2.78 bits per heavy atom. The molecule has 3 rings (SSSR count). The molecule has 8 nitrogen and oxygen atoms in total. The van der Waals surface area contributed by atoms with Crippen molar-refractivity contribution >= 4 is 17.0 Å². The van der Waals surface area contributed by atoms with Crippen LogP contribution in [0.4, 0.5) is 5.82 Å². The van der Waals surface area contributed by atoms with Gasteiger partial charge in [-0.25, -0.2) is 15.0 Å². The van der Waals surface area contributed by atoms with Crippen molar-refractivity contribution in [2.24, 2.45) is 5.41 Å². The van der Waals surface area contributed by atoms with Gasteiger partial charge in [0.2, 0.25) is 0 Å². The SMILES string of the molecule is CC(C)(C)CNc1ncnc2c1ncn2[C@H]1C[C@H](O)[C@@H](CO)O1. The monoisotopic (exact) mass is 321 g/mol. The Bertz CT molecular complexity index is 681. The number of ether oxygens (including phenoxy) is 1. The van der Waals surface area contributed by atoms with Crippen molar-refractivity contribution in [2.45, 2.75) is 45.6 Å². The summed E-state index contributed by atoms with van der Waals surface area (Å²) in [5.41, 5.74) is 1.43. The van der Waals surface area contributed by atoms with Crippen LogP contribution in [0.15, 0.2) is 12.7 Å². The van der Waals surface area contributed by atoms with Crippen LogP contribution >= 0.6 is 0 Å². The lowest BCUT2D eigenvalue weighted by Crippen LogP contribution is -2.24. The van der Waals surface area contributed by atoms with Crippen LogP contribution in [0.5, 0.6) is 0 Å². The van der Waals surface area contributed by atoms with Gasteiger partial charge < -0.3 is 20.3 Å². The van der Waals surface area contributed by atoms with E-state index in [2.05, 4.69) is 41.0 Å². The van der Waals surface area contributed by atoms with E-state index in [9.17, 15) is 10.2 Å². The van der Waals surface area contributed by atoms with Crippen LogP contribution in [0.3, 0.4) is 0 Å². The normalized spacial score (nSPS) is 25.2. The molecule has 0 bridgehead atoms. The van der Waals surface area contributed by atoms with Crippen molar-refractivity contribution in [3.8, 4) is 0 Å². The van der Waals surface area contributed by atoms with Gasteiger partial charge >= 0.3 is 0 Å². The lowest BCUT2D eigenvalue weighted by Gasteiger charge is -2.19. The molecule has 23 heavy (non-hydrogen) atoms. The molecule has 126 valence electrons. The fourth-order valence-corrected chi connectivity index (χ4v) is 2.59. The lowest BCUT2D eigenvalue weighted by molar-refractivity contribution is -0.0432. The first-order valence-corrected chi connectivity index (χ1v) is 7.75. The molecule has 1 fully saturated rings. The first-order valence-electron chi connectivity index (χ1n) is 7.75. The number of rotatable bonds is 4. The van der Waals surface area contributed by atoms with Crippen molar-refractivity contribution in [2.75, 3.05) is 18.5 Å². The highest BCUT2D eigenvalue weighted by atomic mass is 16.5. The number of anilines is 1. The standard InChI is InChI=1S/C15H23N5O3/c1-15(2,3)6-16-13-12-14(18-7-17-13)20(8-19-12)11-4-9(22)10(5-21)23-11/h7-11,21-22H,4-6H2,1-3H3,(H,16,17,18)/t9-,10+,11+/m0/s1. The van der Waals surface area contributed by atoms with Crippen molar-refractivity contribution in [1.82, 2.24) is 19.5 Å². The topological polar surface area (TPSA) is 105 Å².